The van der Waals surface area contributed by atoms with E-state index in [1.165, 1.54) is 0 Å². The van der Waals surface area contributed by atoms with Gasteiger partial charge in [-0.2, -0.15) is 10.2 Å². The van der Waals surface area contributed by atoms with Crippen LogP contribution in [0.4, 0.5) is 0 Å². The van der Waals surface area contributed by atoms with Gasteiger partial charge in [0, 0.05) is 25.1 Å². The van der Waals surface area contributed by atoms with Gasteiger partial charge in [-0.05, 0) is 44.3 Å². The van der Waals surface area contributed by atoms with Crippen molar-refractivity contribution in [3.05, 3.63) is 45.2 Å². The maximum absolute atomic E-state index is 12.3. The molecule has 2 heterocycles. The first-order valence-corrected chi connectivity index (χ1v) is 9.44. The summed E-state index contributed by atoms with van der Waals surface area (Å²) < 4.78 is 4.73. The van der Waals surface area contributed by atoms with Gasteiger partial charge in [-0.1, -0.05) is 23.8 Å². The Hall–Kier alpha value is -2.59. The van der Waals surface area contributed by atoms with Crippen molar-refractivity contribution >= 4 is 30.3 Å². The Labute approximate surface area is 166 Å². The van der Waals surface area contributed by atoms with E-state index in [2.05, 4.69) is 25.7 Å². The van der Waals surface area contributed by atoms with Gasteiger partial charge in [-0.3, -0.25) is 19.6 Å². The largest absolute Gasteiger partial charge is 0.349 e. The molecule has 0 bridgehead atoms. The Morgan fingerprint density at radius 2 is 1.93 bits per heavy atom. The number of rotatable bonds is 7. The summed E-state index contributed by atoms with van der Waals surface area (Å²) >= 11 is 10.5. The van der Waals surface area contributed by atoms with Gasteiger partial charge in [-0.15, -0.1) is 0 Å². The second-order valence-electron chi connectivity index (χ2n) is 6.09. The molecule has 0 fully saturated rings. The molecular weight excluding hydrogens is 382 g/mol. The smallest absolute Gasteiger partial charge is 0.222 e. The molecule has 2 aromatic heterocycles. The number of hydrogen-bond donors (Lipinski definition) is 3. The van der Waals surface area contributed by atoms with Crippen LogP contribution >= 0.6 is 24.4 Å². The van der Waals surface area contributed by atoms with E-state index in [9.17, 15) is 4.79 Å². The SMILES string of the molecule is CCn1c(CNC(=O)CCn2c(-c3cccc(C)c3)n[nH]c2=S)n[nH]c1=S. The van der Waals surface area contributed by atoms with E-state index in [0.29, 0.717) is 35.0 Å². The van der Waals surface area contributed by atoms with E-state index in [1.54, 1.807) is 0 Å². The number of amides is 1. The van der Waals surface area contributed by atoms with E-state index in [-0.39, 0.29) is 12.3 Å². The summed E-state index contributed by atoms with van der Waals surface area (Å²) in [5.41, 5.74) is 2.09. The molecule has 0 aliphatic rings. The van der Waals surface area contributed by atoms with Crippen molar-refractivity contribution in [2.75, 3.05) is 0 Å². The number of aromatic amines is 2. The molecule has 8 nitrogen and oxygen atoms in total. The second-order valence-corrected chi connectivity index (χ2v) is 6.86. The fourth-order valence-corrected chi connectivity index (χ4v) is 3.32. The first-order chi connectivity index (χ1) is 13.0. The van der Waals surface area contributed by atoms with Crippen LogP contribution in [0, 0.1) is 16.5 Å². The highest BCUT2D eigenvalue weighted by Crippen LogP contribution is 2.18. The Balaban J connectivity index is 1.65. The Morgan fingerprint density at radius 3 is 2.67 bits per heavy atom. The molecule has 0 saturated carbocycles. The van der Waals surface area contributed by atoms with Crippen LogP contribution in [0.5, 0.6) is 0 Å². The monoisotopic (exact) mass is 403 g/mol. The summed E-state index contributed by atoms with van der Waals surface area (Å²) in [7, 11) is 0. The summed E-state index contributed by atoms with van der Waals surface area (Å²) in [5.74, 6) is 1.34. The Kier molecular flexibility index (Phi) is 5.97. The maximum atomic E-state index is 12.3. The number of nitrogens with one attached hydrogen (secondary N) is 3. The van der Waals surface area contributed by atoms with E-state index in [0.717, 1.165) is 17.0 Å². The molecule has 0 unspecified atom stereocenters. The lowest BCUT2D eigenvalue weighted by atomic mass is 10.1. The first kappa shape index (κ1) is 19.2. The summed E-state index contributed by atoms with van der Waals surface area (Å²) in [5, 5.41) is 16.9. The zero-order valence-electron chi connectivity index (χ0n) is 15.2. The molecular formula is C17H21N7OS2. The zero-order valence-corrected chi connectivity index (χ0v) is 16.8. The number of benzene rings is 1. The average molecular weight is 404 g/mol. The van der Waals surface area contributed by atoms with Crippen molar-refractivity contribution in [2.24, 2.45) is 0 Å². The summed E-state index contributed by atoms with van der Waals surface area (Å²) in [4.78, 5) is 12.3. The van der Waals surface area contributed by atoms with Gasteiger partial charge < -0.3 is 9.88 Å². The van der Waals surface area contributed by atoms with Crippen molar-refractivity contribution in [1.29, 1.82) is 0 Å². The molecule has 27 heavy (non-hydrogen) atoms. The van der Waals surface area contributed by atoms with Crippen LogP contribution in [0.2, 0.25) is 0 Å². The van der Waals surface area contributed by atoms with E-state index in [1.807, 2.05) is 47.2 Å². The molecule has 3 aromatic rings. The molecule has 3 rings (SSSR count). The lowest BCUT2D eigenvalue weighted by Gasteiger charge is -2.09. The molecule has 0 saturated heterocycles. The number of carbonyl (C=O) groups is 1. The molecule has 10 heteroatoms. The van der Waals surface area contributed by atoms with Crippen molar-refractivity contribution in [1.82, 2.24) is 34.8 Å². The average Bonchev–Trinajstić information content (AvgIpc) is 3.20. The molecule has 0 radical (unpaired) electrons. The van der Waals surface area contributed by atoms with Crippen LogP contribution in [-0.2, 0) is 24.4 Å². The number of nitrogens with zero attached hydrogens (tertiary/aromatic N) is 4. The molecule has 3 N–H and O–H groups in total. The van der Waals surface area contributed by atoms with Crippen molar-refractivity contribution in [3.63, 3.8) is 0 Å². The molecule has 0 aliphatic carbocycles. The fourth-order valence-electron chi connectivity index (χ4n) is 2.82. The standard InChI is InChI=1S/C17H21N7OS2/c1-3-23-13(19-21-16(23)26)10-18-14(25)7-8-24-15(20-22-17(24)27)12-6-4-5-11(2)9-12/h4-6,9H,3,7-8,10H2,1-2H3,(H,18,25)(H,21,26)(H,22,27). The minimum absolute atomic E-state index is 0.0927. The van der Waals surface area contributed by atoms with Gasteiger partial charge in [0.25, 0.3) is 0 Å². The third kappa shape index (κ3) is 4.40. The summed E-state index contributed by atoms with van der Waals surface area (Å²) in [6.45, 7) is 5.45. The third-order valence-corrected chi connectivity index (χ3v) is 4.82. The quantitative estimate of drug-likeness (QED) is 0.527. The van der Waals surface area contributed by atoms with Gasteiger partial charge in [0.2, 0.25) is 5.91 Å². The zero-order chi connectivity index (χ0) is 19.4. The van der Waals surface area contributed by atoms with Crippen LogP contribution < -0.4 is 5.32 Å². The van der Waals surface area contributed by atoms with Gasteiger partial charge in [0.1, 0.15) is 0 Å². The van der Waals surface area contributed by atoms with Gasteiger partial charge in [-0.25, -0.2) is 0 Å². The number of aromatic nitrogens is 6. The lowest BCUT2D eigenvalue weighted by Crippen LogP contribution is -2.25. The van der Waals surface area contributed by atoms with Crippen LogP contribution in [-0.4, -0.2) is 35.4 Å². The minimum Gasteiger partial charge on any atom is -0.349 e. The molecule has 0 spiro atoms. The number of aryl methyl sites for hydroxylation is 1. The number of hydrogen-bond acceptors (Lipinski definition) is 5. The molecule has 1 aromatic carbocycles. The van der Waals surface area contributed by atoms with Crippen LogP contribution in [0.3, 0.4) is 0 Å². The predicted molar refractivity (Wildman–Crippen MR) is 107 cm³/mol. The highest BCUT2D eigenvalue weighted by molar-refractivity contribution is 7.71. The number of H-pyrrole nitrogens is 2. The molecule has 142 valence electrons. The second kappa shape index (κ2) is 8.40. The molecule has 0 atom stereocenters. The van der Waals surface area contributed by atoms with Gasteiger partial charge >= 0.3 is 0 Å². The lowest BCUT2D eigenvalue weighted by molar-refractivity contribution is -0.121. The van der Waals surface area contributed by atoms with Crippen LogP contribution in [0.1, 0.15) is 24.7 Å². The highest BCUT2D eigenvalue weighted by atomic mass is 32.1. The third-order valence-electron chi connectivity index (χ3n) is 4.19. The Morgan fingerprint density at radius 1 is 1.19 bits per heavy atom. The molecule has 1 amide bonds. The van der Waals surface area contributed by atoms with Crippen LogP contribution in [0.25, 0.3) is 11.4 Å². The fraction of sp³-hybridized carbons (Fsp3) is 0.353. The van der Waals surface area contributed by atoms with Gasteiger partial charge in [0.05, 0.1) is 6.54 Å². The van der Waals surface area contributed by atoms with Crippen molar-refractivity contribution in [2.45, 2.75) is 39.9 Å². The van der Waals surface area contributed by atoms with Gasteiger partial charge in [0.15, 0.2) is 21.2 Å². The van der Waals surface area contributed by atoms with E-state index < -0.39 is 0 Å². The van der Waals surface area contributed by atoms with Crippen molar-refractivity contribution in [3.8, 4) is 11.4 Å². The molecule has 0 aliphatic heterocycles. The van der Waals surface area contributed by atoms with Crippen LogP contribution in [0.15, 0.2) is 24.3 Å². The Bertz CT molecular complexity index is 1060. The van der Waals surface area contributed by atoms with Crippen molar-refractivity contribution < 1.29 is 4.79 Å². The topological polar surface area (TPSA) is 96.3 Å². The normalized spacial score (nSPS) is 10.9. The maximum Gasteiger partial charge on any atom is 0.222 e. The van der Waals surface area contributed by atoms with E-state index in [4.69, 9.17) is 24.4 Å². The minimum atomic E-state index is -0.0927. The summed E-state index contributed by atoms with van der Waals surface area (Å²) in [6.07, 6.45) is 0.282. The first-order valence-electron chi connectivity index (χ1n) is 8.62. The predicted octanol–water partition coefficient (Wildman–Crippen LogP) is 2.90. The van der Waals surface area contributed by atoms with E-state index >= 15 is 0 Å². The number of carbonyl (C=O) groups excluding carboxylic acids is 1. The summed E-state index contributed by atoms with van der Waals surface area (Å²) in [6, 6.07) is 8.01. The highest BCUT2D eigenvalue weighted by Gasteiger charge is 2.12.